The molecule has 0 amide bonds. The highest BCUT2D eigenvalue weighted by molar-refractivity contribution is 5.75. The van der Waals surface area contributed by atoms with Gasteiger partial charge in [0.05, 0.1) is 21.7 Å². The second-order valence-electron chi connectivity index (χ2n) is 16.6. The van der Waals surface area contributed by atoms with E-state index in [2.05, 4.69) is 18.2 Å². The maximum atomic E-state index is 12.7. The molecule has 2 aromatic carbocycles. The highest BCUT2D eigenvalue weighted by atomic mass is 16.4. The van der Waals surface area contributed by atoms with Gasteiger partial charge in [-0.1, -0.05) is 55.3 Å². The zero-order valence-corrected chi connectivity index (χ0v) is 31.6. The average molecular weight is 695 g/mol. The summed E-state index contributed by atoms with van der Waals surface area (Å²) in [4.78, 5) is 47.4. The zero-order chi connectivity index (χ0) is 37.8. The van der Waals surface area contributed by atoms with Gasteiger partial charge in [-0.3, -0.25) is 19.2 Å². The summed E-state index contributed by atoms with van der Waals surface area (Å²) in [5.74, 6) is -3.25. The van der Waals surface area contributed by atoms with Crippen LogP contribution in [-0.4, -0.2) is 44.3 Å². The summed E-state index contributed by atoms with van der Waals surface area (Å²) >= 11 is 0. The van der Waals surface area contributed by atoms with Gasteiger partial charge in [0.25, 0.3) is 0 Å². The van der Waals surface area contributed by atoms with E-state index in [-0.39, 0.29) is 0 Å². The van der Waals surface area contributed by atoms with Gasteiger partial charge in [0.15, 0.2) is 0 Å². The Bertz CT molecular complexity index is 1450. The lowest BCUT2D eigenvalue weighted by Gasteiger charge is -2.26. The van der Waals surface area contributed by atoms with Crippen molar-refractivity contribution in [3.8, 4) is 0 Å². The topological polar surface area (TPSA) is 149 Å². The van der Waals surface area contributed by atoms with E-state index in [1.54, 1.807) is 41.5 Å². The van der Waals surface area contributed by atoms with Crippen LogP contribution in [0.2, 0.25) is 0 Å². The highest BCUT2D eigenvalue weighted by Crippen LogP contribution is 2.33. The van der Waals surface area contributed by atoms with Crippen LogP contribution in [0.5, 0.6) is 0 Å². The molecular weight excluding hydrogens is 632 g/mol. The summed E-state index contributed by atoms with van der Waals surface area (Å²) in [5.41, 5.74) is 2.31. The molecule has 0 fully saturated rings. The van der Waals surface area contributed by atoms with Gasteiger partial charge in [0, 0.05) is 0 Å². The van der Waals surface area contributed by atoms with Gasteiger partial charge < -0.3 is 20.4 Å². The molecule has 1 atom stereocenters. The zero-order valence-electron chi connectivity index (χ0n) is 31.6. The van der Waals surface area contributed by atoms with Crippen molar-refractivity contribution >= 4 is 23.9 Å². The molecule has 0 heterocycles. The van der Waals surface area contributed by atoms with Crippen LogP contribution in [0.4, 0.5) is 0 Å². The molecule has 0 aliphatic carbocycles. The maximum Gasteiger partial charge on any atom is 0.309 e. The number of aliphatic carboxylic acids is 4. The molecule has 0 spiro atoms. The molecular formula is C42H62O8. The Balaban J connectivity index is 2.10. The lowest BCUT2D eigenvalue weighted by Crippen LogP contribution is -2.30. The second kappa shape index (κ2) is 18.5. The SMILES string of the molecule is CC(C)(CCCCc1ccccc1CCCCC(C)(Cc1ccc(CCCC(C)(C)C(=O)O)c(CCCC(C)(C)C(=O)O)c1)C(=O)O)C(=O)O. The van der Waals surface area contributed by atoms with Crippen molar-refractivity contribution in [2.24, 2.45) is 21.7 Å². The first-order valence-electron chi connectivity index (χ1n) is 18.3. The molecule has 0 saturated heterocycles. The molecule has 50 heavy (non-hydrogen) atoms. The summed E-state index contributed by atoms with van der Waals surface area (Å²) < 4.78 is 0. The van der Waals surface area contributed by atoms with Crippen molar-refractivity contribution in [3.63, 3.8) is 0 Å². The molecule has 0 saturated carbocycles. The van der Waals surface area contributed by atoms with Crippen LogP contribution in [0.3, 0.4) is 0 Å². The fraction of sp³-hybridized carbons (Fsp3) is 0.619. The van der Waals surface area contributed by atoms with Gasteiger partial charge >= 0.3 is 23.9 Å². The molecule has 8 heteroatoms. The number of hydrogen-bond acceptors (Lipinski definition) is 4. The fourth-order valence-electron chi connectivity index (χ4n) is 6.51. The Morgan fingerprint density at radius 1 is 0.460 bits per heavy atom. The Kier molecular flexibility index (Phi) is 15.7. The first kappa shape index (κ1) is 42.5. The number of carbonyl (C=O) groups is 4. The number of rotatable bonds is 24. The van der Waals surface area contributed by atoms with Crippen LogP contribution in [0, 0.1) is 21.7 Å². The number of hydrogen-bond donors (Lipinski definition) is 4. The Morgan fingerprint density at radius 2 is 0.840 bits per heavy atom. The van der Waals surface area contributed by atoms with E-state index in [1.165, 1.54) is 11.1 Å². The van der Waals surface area contributed by atoms with E-state index in [1.807, 2.05) is 31.2 Å². The van der Waals surface area contributed by atoms with Crippen molar-refractivity contribution in [1.29, 1.82) is 0 Å². The highest BCUT2D eigenvalue weighted by Gasteiger charge is 2.33. The Labute approximate surface area is 299 Å². The van der Waals surface area contributed by atoms with Gasteiger partial charge in [-0.05, 0) is 160 Å². The molecule has 278 valence electrons. The van der Waals surface area contributed by atoms with E-state index in [9.17, 15) is 39.6 Å². The summed E-state index contributed by atoms with van der Waals surface area (Å²) in [5, 5.41) is 38.9. The molecule has 2 rings (SSSR count). The molecule has 0 radical (unpaired) electrons. The predicted molar refractivity (Wildman–Crippen MR) is 198 cm³/mol. The van der Waals surface area contributed by atoms with Crippen molar-refractivity contribution in [2.75, 3.05) is 0 Å². The third-order valence-corrected chi connectivity index (χ3v) is 10.7. The molecule has 0 aliphatic rings. The molecule has 0 aromatic heterocycles. The van der Waals surface area contributed by atoms with Crippen LogP contribution in [-0.2, 0) is 51.3 Å². The first-order valence-corrected chi connectivity index (χ1v) is 18.3. The van der Waals surface area contributed by atoms with Gasteiger partial charge in [-0.25, -0.2) is 0 Å². The van der Waals surface area contributed by atoms with E-state index in [0.717, 1.165) is 55.2 Å². The molecule has 1 unspecified atom stereocenters. The number of carboxylic acid groups (broad SMARTS) is 4. The first-order chi connectivity index (χ1) is 23.2. The van der Waals surface area contributed by atoms with Crippen LogP contribution in [0.25, 0.3) is 0 Å². The minimum Gasteiger partial charge on any atom is -0.481 e. The molecule has 4 N–H and O–H groups in total. The predicted octanol–water partition coefficient (Wildman–Crippen LogP) is 9.42. The van der Waals surface area contributed by atoms with Crippen LogP contribution in [0.15, 0.2) is 42.5 Å². The summed E-state index contributed by atoms with van der Waals surface area (Å²) in [6.45, 7) is 12.3. The van der Waals surface area contributed by atoms with E-state index >= 15 is 0 Å². The normalized spacial score (nSPS) is 13.5. The summed E-state index contributed by atoms with van der Waals surface area (Å²) in [7, 11) is 0. The van der Waals surface area contributed by atoms with Gasteiger partial charge in [-0.2, -0.15) is 0 Å². The van der Waals surface area contributed by atoms with Crippen molar-refractivity contribution in [3.05, 3.63) is 70.3 Å². The minimum absolute atomic E-state index is 0.381. The molecule has 2 aromatic rings. The number of unbranched alkanes of at least 4 members (excludes halogenated alkanes) is 2. The van der Waals surface area contributed by atoms with Crippen molar-refractivity contribution in [1.82, 2.24) is 0 Å². The lowest BCUT2D eigenvalue weighted by atomic mass is 9.78. The van der Waals surface area contributed by atoms with Gasteiger partial charge in [0.2, 0.25) is 0 Å². The van der Waals surface area contributed by atoms with E-state index in [4.69, 9.17) is 0 Å². The van der Waals surface area contributed by atoms with Crippen LogP contribution < -0.4 is 0 Å². The smallest absolute Gasteiger partial charge is 0.309 e. The number of carboxylic acids is 4. The van der Waals surface area contributed by atoms with E-state index in [0.29, 0.717) is 57.8 Å². The molecule has 8 nitrogen and oxygen atoms in total. The molecule has 0 aliphatic heterocycles. The monoisotopic (exact) mass is 694 g/mol. The standard InChI is InChI=1S/C42H62O8/c1-39(2,35(43)44)24-12-10-18-31-16-8-9-17-32(31)19-11-13-27-42(7,38(49)50)29-30-22-23-33(20-14-25-40(3,4)36(45)46)34(28-30)21-15-26-41(5,6)37(47)48/h8-9,16-17,22-23,28H,10-15,18-21,24-27,29H2,1-7H3,(H,43,44)(H,45,46)(H,47,48)(H,49,50). The van der Waals surface area contributed by atoms with Crippen LogP contribution in [0.1, 0.15) is 140 Å². The van der Waals surface area contributed by atoms with Gasteiger partial charge in [-0.15, -0.1) is 0 Å². The lowest BCUT2D eigenvalue weighted by molar-refractivity contribution is -0.149. The third-order valence-electron chi connectivity index (χ3n) is 10.7. The Hall–Kier alpha value is -3.68. The third kappa shape index (κ3) is 13.2. The summed E-state index contributed by atoms with van der Waals surface area (Å²) in [6, 6.07) is 14.5. The van der Waals surface area contributed by atoms with Crippen LogP contribution >= 0.6 is 0 Å². The summed E-state index contributed by atoms with van der Waals surface area (Å²) in [6.07, 6.45) is 10.5. The molecule has 0 bridgehead atoms. The number of aryl methyl sites for hydroxylation is 4. The maximum absolute atomic E-state index is 12.7. The fourth-order valence-corrected chi connectivity index (χ4v) is 6.51. The minimum atomic E-state index is -0.952. The quantitative estimate of drug-likeness (QED) is 0.0794. The van der Waals surface area contributed by atoms with Crippen molar-refractivity contribution < 1.29 is 39.6 Å². The Morgan fingerprint density at radius 3 is 1.28 bits per heavy atom. The van der Waals surface area contributed by atoms with E-state index < -0.39 is 45.5 Å². The number of benzene rings is 2. The largest absolute Gasteiger partial charge is 0.481 e. The van der Waals surface area contributed by atoms with Gasteiger partial charge in [0.1, 0.15) is 0 Å². The average Bonchev–Trinajstić information content (AvgIpc) is 3.02. The second-order valence-corrected chi connectivity index (χ2v) is 16.6. The van der Waals surface area contributed by atoms with Crippen molar-refractivity contribution in [2.45, 2.75) is 145 Å².